The van der Waals surface area contributed by atoms with Gasteiger partial charge in [-0.3, -0.25) is 0 Å². The lowest BCUT2D eigenvalue weighted by molar-refractivity contribution is 0.158. The molecule has 1 aromatic rings. The fourth-order valence-corrected chi connectivity index (χ4v) is 1.53. The lowest BCUT2D eigenvalue weighted by atomic mass is 10.1. The molecule has 0 atom stereocenters. The van der Waals surface area contributed by atoms with Crippen LogP contribution in [0.4, 0.5) is 11.8 Å². The molecule has 0 amide bonds. The number of methoxy groups -OCH3 is 1. The number of aryl methyl sites for hydroxylation is 1. The van der Waals surface area contributed by atoms with E-state index in [-0.39, 0.29) is 5.54 Å². The molecule has 0 saturated carbocycles. The van der Waals surface area contributed by atoms with Crippen LogP contribution in [0, 0.1) is 6.92 Å². The van der Waals surface area contributed by atoms with Crippen molar-refractivity contribution in [2.45, 2.75) is 33.2 Å². The number of nitrogens with zero attached hydrogens (tertiary/aromatic N) is 2. The number of ether oxygens (including phenoxy) is 1. The summed E-state index contributed by atoms with van der Waals surface area (Å²) in [5.41, 5.74) is 0.869. The molecule has 1 heterocycles. The van der Waals surface area contributed by atoms with Gasteiger partial charge in [-0.15, -0.1) is 0 Å². The molecule has 1 rings (SSSR count). The first kappa shape index (κ1) is 13.7. The molecule has 0 aliphatic carbocycles. The number of nitrogens with one attached hydrogen (secondary N) is 2. The Morgan fingerprint density at radius 3 is 2.71 bits per heavy atom. The highest BCUT2D eigenvalue weighted by Crippen LogP contribution is 2.18. The van der Waals surface area contributed by atoms with Crippen molar-refractivity contribution in [1.82, 2.24) is 9.97 Å². The molecular formula is C12H22N4O. The van der Waals surface area contributed by atoms with Crippen LogP contribution in [-0.2, 0) is 4.74 Å². The maximum Gasteiger partial charge on any atom is 0.224 e. The second kappa shape index (κ2) is 5.82. The Hall–Kier alpha value is -1.36. The minimum atomic E-state index is -0.155. The Morgan fingerprint density at radius 1 is 1.41 bits per heavy atom. The first-order valence-electron chi connectivity index (χ1n) is 5.83. The minimum absolute atomic E-state index is 0.155. The highest BCUT2D eigenvalue weighted by Gasteiger charge is 2.19. The highest BCUT2D eigenvalue weighted by atomic mass is 16.5. The van der Waals surface area contributed by atoms with Crippen LogP contribution >= 0.6 is 0 Å². The molecule has 0 aromatic carbocycles. The molecule has 0 saturated heterocycles. The van der Waals surface area contributed by atoms with Crippen LogP contribution in [0.1, 0.15) is 26.3 Å². The summed E-state index contributed by atoms with van der Waals surface area (Å²) < 4.78 is 5.17. The number of hydrogen-bond donors (Lipinski definition) is 2. The van der Waals surface area contributed by atoms with Crippen LogP contribution in [0.25, 0.3) is 0 Å². The summed E-state index contributed by atoms with van der Waals surface area (Å²) in [6.07, 6.45) is 1.82. The van der Waals surface area contributed by atoms with Gasteiger partial charge in [-0.05, 0) is 27.7 Å². The Morgan fingerprint density at radius 2 is 2.12 bits per heavy atom. The van der Waals surface area contributed by atoms with E-state index in [4.69, 9.17) is 4.74 Å². The Kier molecular flexibility index (Phi) is 4.69. The average Bonchev–Trinajstić information content (AvgIpc) is 2.23. The minimum Gasteiger partial charge on any atom is -0.382 e. The topological polar surface area (TPSA) is 59.1 Å². The van der Waals surface area contributed by atoms with Gasteiger partial charge in [0.15, 0.2) is 0 Å². The molecule has 0 radical (unpaired) electrons. The van der Waals surface area contributed by atoms with Gasteiger partial charge in [0.1, 0.15) is 5.82 Å². The third kappa shape index (κ3) is 4.19. The normalized spacial score (nSPS) is 11.4. The third-order valence-corrected chi connectivity index (χ3v) is 2.27. The Bertz CT molecular complexity index is 366. The zero-order chi connectivity index (χ0) is 12.9. The second-order valence-corrected chi connectivity index (χ2v) is 4.70. The summed E-state index contributed by atoms with van der Waals surface area (Å²) in [5.74, 6) is 1.49. The number of hydrogen-bond acceptors (Lipinski definition) is 5. The lowest BCUT2D eigenvalue weighted by Crippen LogP contribution is -2.36. The van der Waals surface area contributed by atoms with Crippen LogP contribution in [0.5, 0.6) is 0 Å². The first-order valence-corrected chi connectivity index (χ1v) is 5.83. The molecule has 5 heteroatoms. The van der Waals surface area contributed by atoms with Crippen LogP contribution < -0.4 is 10.6 Å². The lowest BCUT2D eigenvalue weighted by Gasteiger charge is -2.26. The van der Waals surface area contributed by atoms with Crippen molar-refractivity contribution in [2.24, 2.45) is 0 Å². The Balaban J connectivity index is 2.85. The van der Waals surface area contributed by atoms with Gasteiger partial charge in [0.2, 0.25) is 5.95 Å². The van der Waals surface area contributed by atoms with E-state index in [1.165, 1.54) is 0 Å². The highest BCUT2D eigenvalue weighted by molar-refractivity contribution is 5.48. The van der Waals surface area contributed by atoms with E-state index >= 15 is 0 Å². The van der Waals surface area contributed by atoms with Crippen molar-refractivity contribution >= 4 is 11.8 Å². The first-order chi connectivity index (χ1) is 7.98. The maximum absolute atomic E-state index is 5.17. The van der Waals surface area contributed by atoms with E-state index in [1.807, 2.05) is 20.0 Å². The summed E-state index contributed by atoms with van der Waals surface area (Å²) in [5, 5.41) is 6.47. The quantitative estimate of drug-likeness (QED) is 0.794. The van der Waals surface area contributed by atoms with Gasteiger partial charge in [0.05, 0.1) is 12.1 Å². The van der Waals surface area contributed by atoms with Crippen molar-refractivity contribution in [3.63, 3.8) is 0 Å². The summed E-state index contributed by atoms with van der Waals surface area (Å²) in [4.78, 5) is 8.65. The van der Waals surface area contributed by atoms with E-state index in [0.717, 1.165) is 17.9 Å². The van der Waals surface area contributed by atoms with E-state index in [0.29, 0.717) is 12.6 Å². The van der Waals surface area contributed by atoms with Gasteiger partial charge < -0.3 is 15.4 Å². The van der Waals surface area contributed by atoms with Gasteiger partial charge in [-0.25, -0.2) is 4.98 Å². The molecule has 0 unspecified atom stereocenters. The second-order valence-electron chi connectivity index (χ2n) is 4.70. The van der Waals surface area contributed by atoms with Gasteiger partial charge in [-0.2, -0.15) is 4.98 Å². The van der Waals surface area contributed by atoms with Crippen molar-refractivity contribution in [1.29, 1.82) is 0 Å². The van der Waals surface area contributed by atoms with Crippen molar-refractivity contribution in [3.8, 4) is 0 Å². The van der Waals surface area contributed by atoms with E-state index < -0.39 is 0 Å². The molecule has 2 N–H and O–H groups in total. The van der Waals surface area contributed by atoms with Crippen molar-refractivity contribution in [2.75, 3.05) is 30.9 Å². The predicted octanol–water partition coefficient (Wildman–Crippen LogP) is 2.05. The molecule has 0 aliphatic rings. The summed E-state index contributed by atoms with van der Waals surface area (Å²) in [6.45, 7) is 9.58. The maximum atomic E-state index is 5.17. The van der Waals surface area contributed by atoms with E-state index in [2.05, 4.69) is 34.4 Å². The smallest absolute Gasteiger partial charge is 0.224 e. The average molecular weight is 238 g/mol. The molecule has 5 nitrogen and oxygen atoms in total. The third-order valence-electron chi connectivity index (χ3n) is 2.27. The van der Waals surface area contributed by atoms with Gasteiger partial charge in [0.25, 0.3) is 0 Å². The zero-order valence-electron chi connectivity index (χ0n) is 11.3. The van der Waals surface area contributed by atoms with Crippen molar-refractivity contribution < 1.29 is 4.74 Å². The van der Waals surface area contributed by atoms with E-state index in [9.17, 15) is 0 Å². The molecule has 0 fully saturated rings. The fourth-order valence-electron chi connectivity index (χ4n) is 1.53. The molecule has 0 spiro atoms. The summed E-state index contributed by atoms with van der Waals surface area (Å²) in [7, 11) is 1.69. The van der Waals surface area contributed by atoms with Gasteiger partial charge >= 0.3 is 0 Å². The fraction of sp³-hybridized carbons (Fsp3) is 0.667. The Labute approximate surface area is 103 Å². The number of rotatable bonds is 6. The summed E-state index contributed by atoms with van der Waals surface area (Å²) in [6, 6.07) is 0. The van der Waals surface area contributed by atoms with Crippen molar-refractivity contribution in [3.05, 3.63) is 11.8 Å². The zero-order valence-corrected chi connectivity index (χ0v) is 11.3. The molecule has 96 valence electrons. The standard InChI is InChI=1S/C12H22N4O/c1-6-13-11-14-7-9(2)10(15-11)16-12(3,4)8-17-5/h7H,6,8H2,1-5H3,(H2,13,14,15,16). The van der Waals surface area contributed by atoms with Crippen LogP contribution in [0.15, 0.2) is 6.20 Å². The predicted molar refractivity (Wildman–Crippen MR) is 70.5 cm³/mol. The number of anilines is 2. The van der Waals surface area contributed by atoms with Crippen LogP contribution in [0.3, 0.4) is 0 Å². The van der Waals surface area contributed by atoms with Gasteiger partial charge in [0, 0.05) is 25.4 Å². The van der Waals surface area contributed by atoms with Crippen LogP contribution in [-0.4, -0.2) is 35.8 Å². The van der Waals surface area contributed by atoms with Crippen LogP contribution in [0.2, 0.25) is 0 Å². The monoisotopic (exact) mass is 238 g/mol. The molecule has 17 heavy (non-hydrogen) atoms. The SMILES string of the molecule is CCNc1ncc(C)c(NC(C)(C)COC)n1. The largest absolute Gasteiger partial charge is 0.382 e. The summed E-state index contributed by atoms with van der Waals surface area (Å²) >= 11 is 0. The van der Waals surface area contributed by atoms with E-state index in [1.54, 1.807) is 7.11 Å². The molecule has 0 bridgehead atoms. The number of aromatic nitrogens is 2. The van der Waals surface area contributed by atoms with Gasteiger partial charge in [-0.1, -0.05) is 0 Å². The molecule has 1 aromatic heterocycles. The molecular weight excluding hydrogens is 216 g/mol. The molecule has 0 aliphatic heterocycles.